The average Bonchev–Trinajstić information content (AvgIpc) is 2.89. The summed E-state index contributed by atoms with van der Waals surface area (Å²) < 4.78 is 5.08. The van der Waals surface area contributed by atoms with E-state index in [4.69, 9.17) is 9.84 Å². The number of carbonyl (C=O) groups is 2. The number of carboxylic acid groups (broad SMARTS) is 1. The summed E-state index contributed by atoms with van der Waals surface area (Å²) in [7, 11) is 0. The number of carbonyl (C=O) groups excluding carboxylic acids is 1. The minimum absolute atomic E-state index is 0.00190. The number of aryl methyl sites for hydroxylation is 1. The summed E-state index contributed by atoms with van der Waals surface area (Å²) in [6.07, 6.45) is 0.253. The van der Waals surface area contributed by atoms with E-state index < -0.39 is 12.1 Å². The van der Waals surface area contributed by atoms with Crippen molar-refractivity contribution in [2.45, 2.75) is 18.9 Å². The van der Waals surface area contributed by atoms with Crippen molar-refractivity contribution >= 4 is 23.2 Å². The fourth-order valence-corrected chi connectivity index (χ4v) is 2.58. The Bertz CT molecular complexity index is 418. The number of thiophene rings is 1. The van der Waals surface area contributed by atoms with Crippen molar-refractivity contribution in [3.63, 3.8) is 0 Å². The van der Waals surface area contributed by atoms with Gasteiger partial charge in [0.15, 0.2) is 6.10 Å². The van der Waals surface area contributed by atoms with E-state index in [0.717, 1.165) is 0 Å². The summed E-state index contributed by atoms with van der Waals surface area (Å²) in [5.74, 6) is -1.01. The highest BCUT2D eigenvalue weighted by Crippen LogP contribution is 2.13. The largest absolute Gasteiger partial charge is 0.479 e. The molecule has 0 bridgehead atoms. The van der Waals surface area contributed by atoms with Crippen LogP contribution in [-0.4, -0.2) is 47.7 Å². The van der Waals surface area contributed by atoms with Crippen LogP contribution >= 0.6 is 11.3 Å². The Hall–Kier alpha value is -1.40. The van der Waals surface area contributed by atoms with Gasteiger partial charge in [-0.1, -0.05) is 6.07 Å². The predicted molar refractivity (Wildman–Crippen MR) is 66.6 cm³/mol. The molecule has 0 saturated carbocycles. The van der Waals surface area contributed by atoms with Gasteiger partial charge in [-0.15, -0.1) is 11.3 Å². The van der Waals surface area contributed by atoms with Crippen molar-refractivity contribution < 1.29 is 19.4 Å². The van der Waals surface area contributed by atoms with Crippen molar-refractivity contribution in [1.29, 1.82) is 0 Å². The van der Waals surface area contributed by atoms with E-state index in [2.05, 4.69) is 0 Å². The molecule has 1 fully saturated rings. The normalized spacial score (nSPS) is 19.8. The van der Waals surface area contributed by atoms with Gasteiger partial charge in [-0.2, -0.15) is 0 Å². The second-order valence-electron chi connectivity index (χ2n) is 4.12. The Labute approximate surface area is 109 Å². The van der Waals surface area contributed by atoms with Crippen LogP contribution in [0.4, 0.5) is 0 Å². The van der Waals surface area contributed by atoms with Crippen LogP contribution in [0.2, 0.25) is 0 Å². The van der Waals surface area contributed by atoms with Gasteiger partial charge in [-0.25, -0.2) is 4.79 Å². The molecule has 0 aromatic carbocycles. The van der Waals surface area contributed by atoms with Crippen LogP contribution in [0.25, 0.3) is 0 Å². The standard InChI is InChI=1S/C12H15NO4S/c14-11(4-3-9-2-1-7-18-9)13-5-6-17-10(8-13)12(15)16/h1-2,7,10H,3-6,8H2,(H,15,16). The lowest BCUT2D eigenvalue weighted by Gasteiger charge is -2.30. The molecule has 2 heterocycles. The maximum atomic E-state index is 11.9. The minimum Gasteiger partial charge on any atom is -0.479 e. The van der Waals surface area contributed by atoms with E-state index in [1.165, 1.54) is 4.88 Å². The van der Waals surface area contributed by atoms with Crippen LogP contribution in [0.5, 0.6) is 0 Å². The number of nitrogens with zero attached hydrogens (tertiary/aromatic N) is 1. The highest BCUT2D eigenvalue weighted by Gasteiger charge is 2.28. The summed E-state index contributed by atoms with van der Waals surface area (Å²) in [5, 5.41) is 10.8. The van der Waals surface area contributed by atoms with Crippen LogP contribution in [0.3, 0.4) is 0 Å². The molecule has 1 aliphatic heterocycles. The number of ether oxygens (including phenoxy) is 1. The molecule has 1 aromatic heterocycles. The van der Waals surface area contributed by atoms with E-state index >= 15 is 0 Å². The molecule has 1 aromatic rings. The molecule has 0 radical (unpaired) electrons. The van der Waals surface area contributed by atoms with Gasteiger partial charge in [0.05, 0.1) is 13.2 Å². The highest BCUT2D eigenvalue weighted by molar-refractivity contribution is 7.09. The van der Waals surface area contributed by atoms with E-state index in [1.54, 1.807) is 16.2 Å². The lowest BCUT2D eigenvalue weighted by Crippen LogP contribution is -2.48. The third-order valence-corrected chi connectivity index (χ3v) is 3.80. The number of amides is 1. The summed E-state index contributed by atoms with van der Waals surface area (Å²) in [6, 6.07) is 3.96. The van der Waals surface area contributed by atoms with Crippen molar-refractivity contribution in [3.8, 4) is 0 Å². The molecule has 0 aliphatic carbocycles. The molecule has 2 rings (SSSR count). The van der Waals surface area contributed by atoms with Crippen molar-refractivity contribution in [3.05, 3.63) is 22.4 Å². The fourth-order valence-electron chi connectivity index (χ4n) is 1.87. The van der Waals surface area contributed by atoms with Crippen LogP contribution in [0.15, 0.2) is 17.5 Å². The minimum atomic E-state index is -1.01. The van der Waals surface area contributed by atoms with E-state index in [9.17, 15) is 9.59 Å². The monoisotopic (exact) mass is 269 g/mol. The molecule has 18 heavy (non-hydrogen) atoms. The molecule has 0 spiro atoms. The number of aliphatic carboxylic acids is 1. The van der Waals surface area contributed by atoms with Gasteiger partial charge in [0.2, 0.25) is 5.91 Å². The predicted octanol–water partition coefficient (Wildman–Crippen LogP) is 0.993. The van der Waals surface area contributed by atoms with E-state index in [0.29, 0.717) is 26.0 Å². The molecule has 98 valence electrons. The Morgan fingerprint density at radius 2 is 2.39 bits per heavy atom. The third kappa shape index (κ3) is 3.30. The van der Waals surface area contributed by atoms with Crippen molar-refractivity contribution in [1.82, 2.24) is 4.90 Å². The first-order valence-corrected chi connectivity index (χ1v) is 6.69. The third-order valence-electron chi connectivity index (χ3n) is 2.86. The zero-order valence-corrected chi connectivity index (χ0v) is 10.7. The molecule has 1 aliphatic rings. The maximum Gasteiger partial charge on any atom is 0.334 e. The quantitative estimate of drug-likeness (QED) is 0.885. The number of rotatable bonds is 4. The van der Waals surface area contributed by atoms with Gasteiger partial charge < -0.3 is 14.7 Å². The Morgan fingerprint density at radius 3 is 3.06 bits per heavy atom. The first-order valence-electron chi connectivity index (χ1n) is 5.81. The molecule has 1 unspecified atom stereocenters. The SMILES string of the molecule is O=C(O)C1CN(C(=O)CCc2cccs2)CCO1. The average molecular weight is 269 g/mol. The number of morpholine rings is 1. The van der Waals surface area contributed by atoms with Gasteiger partial charge in [-0.3, -0.25) is 4.79 Å². The Morgan fingerprint density at radius 1 is 1.56 bits per heavy atom. The lowest BCUT2D eigenvalue weighted by atomic mass is 10.2. The van der Waals surface area contributed by atoms with Gasteiger partial charge in [-0.05, 0) is 17.9 Å². The number of carboxylic acids is 1. The summed E-state index contributed by atoms with van der Waals surface area (Å²) in [5.41, 5.74) is 0. The Kier molecular flexibility index (Phi) is 4.33. The summed E-state index contributed by atoms with van der Waals surface area (Å²) in [4.78, 5) is 25.5. The molecule has 5 nitrogen and oxygen atoms in total. The van der Waals surface area contributed by atoms with E-state index in [1.807, 2.05) is 17.5 Å². The Balaban J connectivity index is 1.83. The number of hydrogen-bond donors (Lipinski definition) is 1. The van der Waals surface area contributed by atoms with Crippen molar-refractivity contribution in [2.75, 3.05) is 19.7 Å². The van der Waals surface area contributed by atoms with Crippen LogP contribution in [-0.2, 0) is 20.7 Å². The van der Waals surface area contributed by atoms with Crippen LogP contribution in [0, 0.1) is 0 Å². The fraction of sp³-hybridized carbons (Fsp3) is 0.500. The molecular weight excluding hydrogens is 254 g/mol. The number of hydrogen-bond acceptors (Lipinski definition) is 4. The summed E-state index contributed by atoms with van der Waals surface area (Å²) >= 11 is 1.63. The second kappa shape index (κ2) is 5.97. The summed E-state index contributed by atoms with van der Waals surface area (Å²) in [6.45, 7) is 0.924. The first-order chi connectivity index (χ1) is 8.66. The van der Waals surface area contributed by atoms with Gasteiger partial charge in [0.25, 0.3) is 0 Å². The molecule has 1 N–H and O–H groups in total. The van der Waals surface area contributed by atoms with Crippen LogP contribution < -0.4 is 0 Å². The molecular formula is C12H15NO4S. The second-order valence-corrected chi connectivity index (χ2v) is 5.15. The zero-order valence-electron chi connectivity index (χ0n) is 9.87. The van der Waals surface area contributed by atoms with E-state index in [-0.39, 0.29) is 12.5 Å². The topological polar surface area (TPSA) is 66.8 Å². The van der Waals surface area contributed by atoms with Crippen molar-refractivity contribution in [2.24, 2.45) is 0 Å². The van der Waals surface area contributed by atoms with Gasteiger partial charge >= 0.3 is 5.97 Å². The molecule has 1 saturated heterocycles. The zero-order chi connectivity index (χ0) is 13.0. The molecule has 6 heteroatoms. The molecule has 1 atom stereocenters. The lowest BCUT2D eigenvalue weighted by molar-refractivity contribution is -0.159. The smallest absolute Gasteiger partial charge is 0.334 e. The highest BCUT2D eigenvalue weighted by atomic mass is 32.1. The first kappa shape index (κ1) is 13.0. The van der Waals surface area contributed by atoms with Crippen LogP contribution in [0.1, 0.15) is 11.3 Å². The maximum absolute atomic E-state index is 11.9. The van der Waals surface area contributed by atoms with Gasteiger partial charge in [0, 0.05) is 17.8 Å². The molecule has 1 amide bonds. The van der Waals surface area contributed by atoms with Gasteiger partial charge in [0.1, 0.15) is 0 Å².